The van der Waals surface area contributed by atoms with Gasteiger partial charge in [-0.1, -0.05) is 29.8 Å². The summed E-state index contributed by atoms with van der Waals surface area (Å²) in [4.78, 5) is 4.48. The molecule has 0 saturated heterocycles. The van der Waals surface area contributed by atoms with Gasteiger partial charge in [0.1, 0.15) is 11.1 Å². The first kappa shape index (κ1) is 13.6. The van der Waals surface area contributed by atoms with Gasteiger partial charge in [-0.2, -0.15) is 5.26 Å². The molecule has 0 saturated carbocycles. The third-order valence-corrected chi connectivity index (χ3v) is 3.97. The van der Waals surface area contributed by atoms with Crippen LogP contribution in [0.1, 0.15) is 27.9 Å². The van der Waals surface area contributed by atoms with Crippen molar-refractivity contribution in [1.29, 1.82) is 5.26 Å². The van der Waals surface area contributed by atoms with E-state index in [9.17, 15) is 5.26 Å². The van der Waals surface area contributed by atoms with Crippen LogP contribution in [0.5, 0.6) is 0 Å². The predicted octanol–water partition coefficient (Wildman–Crippen LogP) is 4.17. The fourth-order valence-corrected chi connectivity index (χ4v) is 2.93. The lowest BCUT2D eigenvalue weighted by Gasteiger charge is -2.07. The van der Waals surface area contributed by atoms with E-state index in [0.29, 0.717) is 5.56 Å². The van der Waals surface area contributed by atoms with Gasteiger partial charge in [-0.25, -0.2) is 4.98 Å². The van der Waals surface area contributed by atoms with Crippen molar-refractivity contribution in [3.8, 4) is 6.07 Å². The second-order valence-electron chi connectivity index (χ2n) is 4.65. The molecule has 0 aliphatic rings. The molecule has 0 N–H and O–H groups in total. The van der Waals surface area contributed by atoms with Gasteiger partial charge in [-0.15, -0.1) is 11.8 Å². The summed E-state index contributed by atoms with van der Waals surface area (Å²) in [6.45, 7) is 6.00. The zero-order valence-electron chi connectivity index (χ0n) is 11.4. The van der Waals surface area contributed by atoms with Gasteiger partial charge in [0.15, 0.2) is 0 Å². The van der Waals surface area contributed by atoms with Crippen LogP contribution in [-0.4, -0.2) is 4.98 Å². The zero-order chi connectivity index (χ0) is 13.8. The third kappa shape index (κ3) is 3.36. The van der Waals surface area contributed by atoms with E-state index in [1.807, 2.05) is 19.9 Å². The lowest BCUT2D eigenvalue weighted by molar-refractivity contribution is 1.03. The Hall–Kier alpha value is -1.79. The van der Waals surface area contributed by atoms with E-state index in [1.165, 1.54) is 11.1 Å². The Morgan fingerprint density at radius 3 is 2.47 bits per heavy atom. The molecule has 0 amide bonds. The molecule has 96 valence electrons. The molecule has 1 aromatic carbocycles. The van der Waals surface area contributed by atoms with Gasteiger partial charge in [-0.3, -0.25) is 0 Å². The highest BCUT2D eigenvalue weighted by Gasteiger charge is 2.09. The molecule has 0 aliphatic heterocycles. The Kier molecular flexibility index (Phi) is 4.24. The van der Waals surface area contributed by atoms with E-state index in [2.05, 4.69) is 42.2 Å². The van der Waals surface area contributed by atoms with Crippen molar-refractivity contribution in [2.45, 2.75) is 31.6 Å². The zero-order valence-corrected chi connectivity index (χ0v) is 12.2. The first-order chi connectivity index (χ1) is 9.10. The minimum absolute atomic E-state index is 0.697. The summed E-state index contributed by atoms with van der Waals surface area (Å²) in [5, 5.41) is 10.1. The molecule has 0 radical (unpaired) electrons. The average Bonchev–Trinajstić information content (AvgIpc) is 2.37. The van der Waals surface area contributed by atoms with E-state index in [4.69, 9.17) is 0 Å². The Morgan fingerprint density at radius 2 is 1.84 bits per heavy atom. The molecule has 1 heterocycles. The number of aromatic nitrogens is 1. The van der Waals surface area contributed by atoms with Gasteiger partial charge in [0.05, 0.1) is 5.56 Å². The van der Waals surface area contributed by atoms with E-state index in [0.717, 1.165) is 22.0 Å². The highest BCUT2D eigenvalue weighted by molar-refractivity contribution is 7.98. The molecule has 0 bridgehead atoms. The summed E-state index contributed by atoms with van der Waals surface area (Å²) < 4.78 is 0. The van der Waals surface area contributed by atoms with E-state index >= 15 is 0 Å². The summed E-state index contributed by atoms with van der Waals surface area (Å²) >= 11 is 1.63. The van der Waals surface area contributed by atoms with Gasteiger partial charge < -0.3 is 0 Å². The molecule has 0 spiro atoms. The van der Waals surface area contributed by atoms with Crippen molar-refractivity contribution in [2.75, 3.05) is 0 Å². The number of nitriles is 1. The fraction of sp³-hybridized carbons (Fsp3) is 0.250. The molecule has 2 nitrogen and oxygen atoms in total. The van der Waals surface area contributed by atoms with Gasteiger partial charge in [-0.05, 0) is 38.0 Å². The van der Waals surface area contributed by atoms with Gasteiger partial charge in [0.25, 0.3) is 0 Å². The Labute approximate surface area is 118 Å². The molecule has 3 heteroatoms. The normalized spacial score (nSPS) is 10.2. The standard InChI is InChI=1S/C16H16N2S/c1-11-4-6-14(7-5-11)10-19-16-15(9-17)12(2)8-13(3)18-16/h4-8H,10H2,1-3H3. The fourth-order valence-electron chi connectivity index (χ4n) is 1.88. The van der Waals surface area contributed by atoms with Crippen LogP contribution in [0.15, 0.2) is 35.4 Å². The smallest absolute Gasteiger partial charge is 0.115 e. The van der Waals surface area contributed by atoms with Gasteiger partial charge in [0.2, 0.25) is 0 Å². The van der Waals surface area contributed by atoms with Crippen LogP contribution >= 0.6 is 11.8 Å². The molecular weight excluding hydrogens is 252 g/mol. The number of hydrogen-bond acceptors (Lipinski definition) is 3. The minimum atomic E-state index is 0.697. The Balaban J connectivity index is 2.20. The van der Waals surface area contributed by atoms with E-state index in [-0.39, 0.29) is 0 Å². The first-order valence-electron chi connectivity index (χ1n) is 6.17. The molecule has 0 aliphatic carbocycles. The highest BCUT2D eigenvalue weighted by atomic mass is 32.2. The summed E-state index contributed by atoms with van der Waals surface area (Å²) in [5.74, 6) is 0.838. The van der Waals surface area contributed by atoms with Crippen LogP contribution in [0.2, 0.25) is 0 Å². The summed E-state index contributed by atoms with van der Waals surface area (Å²) in [6, 6.07) is 12.7. The maximum atomic E-state index is 9.22. The first-order valence-corrected chi connectivity index (χ1v) is 7.15. The van der Waals surface area contributed by atoms with Crippen molar-refractivity contribution in [2.24, 2.45) is 0 Å². The van der Waals surface area contributed by atoms with Crippen molar-refractivity contribution >= 4 is 11.8 Å². The highest BCUT2D eigenvalue weighted by Crippen LogP contribution is 2.26. The number of benzene rings is 1. The Morgan fingerprint density at radius 1 is 1.16 bits per heavy atom. The number of aryl methyl sites for hydroxylation is 3. The van der Waals surface area contributed by atoms with Crippen molar-refractivity contribution in [3.05, 3.63) is 58.3 Å². The maximum Gasteiger partial charge on any atom is 0.115 e. The second kappa shape index (κ2) is 5.90. The number of pyridine rings is 1. The lowest BCUT2D eigenvalue weighted by atomic mass is 10.1. The van der Waals surface area contributed by atoms with Crippen LogP contribution in [-0.2, 0) is 5.75 Å². The maximum absolute atomic E-state index is 9.22. The molecule has 2 rings (SSSR count). The minimum Gasteiger partial charge on any atom is -0.245 e. The Bertz CT molecular complexity index is 624. The predicted molar refractivity (Wildman–Crippen MR) is 79.2 cm³/mol. The molecular formula is C16H16N2S. The summed E-state index contributed by atoms with van der Waals surface area (Å²) in [6.07, 6.45) is 0. The van der Waals surface area contributed by atoms with Crippen LogP contribution in [0.4, 0.5) is 0 Å². The molecule has 0 fully saturated rings. The summed E-state index contributed by atoms with van der Waals surface area (Å²) in [5.41, 5.74) is 5.17. The van der Waals surface area contributed by atoms with Crippen molar-refractivity contribution in [1.82, 2.24) is 4.98 Å². The number of thioether (sulfide) groups is 1. The van der Waals surface area contributed by atoms with E-state index in [1.54, 1.807) is 11.8 Å². The lowest BCUT2D eigenvalue weighted by Crippen LogP contribution is -1.94. The van der Waals surface area contributed by atoms with Gasteiger partial charge >= 0.3 is 0 Å². The van der Waals surface area contributed by atoms with E-state index < -0.39 is 0 Å². The topological polar surface area (TPSA) is 36.7 Å². The van der Waals surface area contributed by atoms with Crippen LogP contribution in [0, 0.1) is 32.1 Å². The molecule has 2 aromatic rings. The summed E-state index contributed by atoms with van der Waals surface area (Å²) in [7, 11) is 0. The van der Waals surface area contributed by atoms with Crippen LogP contribution in [0.25, 0.3) is 0 Å². The molecule has 0 atom stereocenters. The monoisotopic (exact) mass is 268 g/mol. The molecule has 0 unspecified atom stereocenters. The SMILES string of the molecule is Cc1ccc(CSc2nc(C)cc(C)c2C#N)cc1. The van der Waals surface area contributed by atoms with Crippen LogP contribution < -0.4 is 0 Å². The average molecular weight is 268 g/mol. The quantitative estimate of drug-likeness (QED) is 0.784. The third-order valence-electron chi connectivity index (χ3n) is 2.92. The molecule has 19 heavy (non-hydrogen) atoms. The number of rotatable bonds is 3. The second-order valence-corrected chi connectivity index (χ2v) is 5.61. The number of hydrogen-bond donors (Lipinski definition) is 0. The van der Waals surface area contributed by atoms with Crippen molar-refractivity contribution < 1.29 is 0 Å². The number of nitrogens with zero attached hydrogens (tertiary/aromatic N) is 2. The van der Waals surface area contributed by atoms with Crippen molar-refractivity contribution in [3.63, 3.8) is 0 Å². The molecule has 1 aromatic heterocycles. The van der Waals surface area contributed by atoms with Crippen LogP contribution in [0.3, 0.4) is 0 Å². The largest absolute Gasteiger partial charge is 0.245 e. The van der Waals surface area contributed by atoms with Gasteiger partial charge in [0, 0.05) is 11.4 Å².